The molecule has 0 unspecified atom stereocenters. The second-order valence-corrected chi connectivity index (χ2v) is 5.64. The molecule has 1 heterocycles. The van der Waals surface area contributed by atoms with Gasteiger partial charge in [0.25, 0.3) is 0 Å². The predicted molar refractivity (Wildman–Crippen MR) is 90.8 cm³/mol. The number of carbonyl (C=O) groups is 1. The maximum absolute atomic E-state index is 12.7. The molecule has 3 aromatic rings. The fourth-order valence-electron chi connectivity index (χ4n) is 2.34. The quantitative estimate of drug-likeness (QED) is 0.516. The Balaban J connectivity index is 2.03. The van der Waals surface area contributed by atoms with Gasteiger partial charge in [-0.15, -0.1) is 0 Å². The van der Waals surface area contributed by atoms with Crippen molar-refractivity contribution in [3.05, 3.63) is 83.2 Å². The zero-order valence-electron chi connectivity index (χ0n) is 12.2. The Morgan fingerprint density at radius 3 is 2.41 bits per heavy atom. The van der Waals surface area contributed by atoms with Crippen LogP contribution < -0.4 is 0 Å². The molecule has 3 rings (SSSR count). The summed E-state index contributed by atoms with van der Waals surface area (Å²) >= 11 is 3.48. The largest absolute Gasteiger partial charge is 0.288 e. The third kappa shape index (κ3) is 2.74. The van der Waals surface area contributed by atoms with E-state index in [4.69, 9.17) is 0 Å². The summed E-state index contributed by atoms with van der Waals surface area (Å²) in [6, 6.07) is 17.4. The molecule has 4 heteroatoms. The van der Waals surface area contributed by atoms with Crippen molar-refractivity contribution in [2.45, 2.75) is 12.3 Å². The van der Waals surface area contributed by atoms with Crippen LogP contribution in [0.2, 0.25) is 0 Å². The molecular formula is C18H15BrN2O. The van der Waals surface area contributed by atoms with Gasteiger partial charge in [-0.3, -0.25) is 4.79 Å². The minimum Gasteiger partial charge on any atom is -0.288 e. The lowest BCUT2D eigenvalue weighted by Crippen LogP contribution is -2.06. The molecule has 2 aromatic carbocycles. The van der Waals surface area contributed by atoms with Crippen LogP contribution in [-0.4, -0.2) is 15.6 Å². The number of carbonyl (C=O) groups excluding carboxylic acids is 1. The highest BCUT2D eigenvalue weighted by molar-refractivity contribution is 9.08. The zero-order valence-corrected chi connectivity index (χ0v) is 13.7. The molecule has 0 bridgehead atoms. The number of hydrogen-bond acceptors (Lipinski definition) is 2. The van der Waals surface area contributed by atoms with Crippen LogP contribution >= 0.6 is 15.9 Å². The summed E-state index contributed by atoms with van der Waals surface area (Å²) in [6.45, 7) is 2.01. The van der Waals surface area contributed by atoms with Crippen molar-refractivity contribution in [3.8, 4) is 5.69 Å². The number of ketones is 1. The number of aryl methyl sites for hydroxylation is 1. The van der Waals surface area contributed by atoms with Gasteiger partial charge < -0.3 is 0 Å². The van der Waals surface area contributed by atoms with Crippen LogP contribution in [0.5, 0.6) is 0 Å². The van der Waals surface area contributed by atoms with Crippen LogP contribution in [0.1, 0.15) is 27.2 Å². The molecular weight excluding hydrogens is 340 g/mol. The molecule has 110 valence electrons. The van der Waals surface area contributed by atoms with Crippen LogP contribution in [0.15, 0.2) is 60.8 Å². The van der Waals surface area contributed by atoms with Crippen LogP contribution in [0.4, 0.5) is 0 Å². The van der Waals surface area contributed by atoms with Crippen molar-refractivity contribution in [2.75, 3.05) is 0 Å². The van der Waals surface area contributed by atoms with E-state index in [2.05, 4.69) is 21.0 Å². The van der Waals surface area contributed by atoms with Crippen LogP contribution in [0.25, 0.3) is 5.69 Å². The van der Waals surface area contributed by atoms with Gasteiger partial charge in [0.1, 0.15) is 0 Å². The van der Waals surface area contributed by atoms with Gasteiger partial charge in [-0.2, -0.15) is 5.10 Å². The second kappa shape index (κ2) is 6.28. The number of hydrogen-bond donors (Lipinski definition) is 0. The first kappa shape index (κ1) is 14.7. The van der Waals surface area contributed by atoms with Crippen LogP contribution in [0.3, 0.4) is 0 Å². The minimum absolute atomic E-state index is 0.00312. The van der Waals surface area contributed by atoms with E-state index in [-0.39, 0.29) is 5.78 Å². The Kier molecular flexibility index (Phi) is 4.20. The van der Waals surface area contributed by atoms with E-state index in [1.165, 1.54) is 0 Å². The Morgan fingerprint density at radius 1 is 1.09 bits per heavy atom. The molecule has 0 amide bonds. The van der Waals surface area contributed by atoms with Gasteiger partial charge in [0.2, 0.25) is 0 Å². The number of para-hydroxylation sites is 1. The summed E-state index contributed by atoms with van der Waals surface area (Å²) in [6.07, 6.45) is 1.64. The van der Waals surface area contributed by atoms with E-state index in [1.54, 1.807) is 10.9 Å². The molecule has 0 spiro atoms. The number of nitrogens with zero attached hydrogens (tertiary/aromatic N) is 2. The van der Waals surface area contributed by atoms with Gasteiger partial charge >= 0.3 is 0 Å². The highest BCUT2D eigenvalue weighted by atomic mass is 79.9. The molecule has 0 aliphatic carbocycles. The summed E-state index contributed by atoms with van der Waals surface area (Å²) in [7, 11) is 0. The normalized spacial score (nSPS) is 10.6. The molecule has 0 aliphatic rings. The smallest absolute Gasteiger partial charge is 0.196 e. The standard InChI is InChI=1S/C18H15BrN2O/c1-13-7-9-14(10-8-13)18(22)16-12-20-21(17(16)11-19)15-5-3-2-4-6-15/h2-10,12H,11H2,1H3. The van der Waals surface area contributed by atoms with Gasteiger partial charge in [0, 0.05) is 10.9 Å². The Morgan fingerprint density at radius 2 is 1.77 bits per heavy atom. The number of aromatic nitrogens is 2. The Hall–Kier alpha value is -2.20. The number of benzene rings is 2. The maximum Gasteiger partial charge on any atom is 0.196 e. The molecule has 0 saturated carbocycles. The molecule has 0 N–H and O–H groups in total. The van der Waals surface area contributed by atoms with Crippen molar-refractivity contribution in [1.29, 1.82) is 0 Å². The topological polar surface area (TPSA) is 34.9 Å². The van der Waals surface area contributed by atoms with Crippen molar-refractivity contribution >= 4 is 21.7 Å². The van der Waals surface area contributed by atoms with Crippen molar-refractivity contribution in [2.24, 2.45) is 0 Å². The summed E-state index contributed by atoms with van der Waals surface area (Å²) in [5.41, 5.74) is 4.25. The molecule has 1 aromatic heterocycles. The fourth-order valence-corrected chi connectivity index (χ4v) is 2.88. The zero-order chi connectivity index (χ0) is 15.5. The number of halogens is 1. The maximum atomic E-state index is 12.7. The fraction of sp³-hybridized carbons (Fsp3) is 0.111. The van der Waals surface area contributed by atoms with Crippen molar-refractivity contribution in [3.63, 3.8) is 0 Å². The monoisotopic (exact) mass is 354 g/mol. The first-order valence-electron chi connectivity index (χ1n) is 7.00. The summed E-state index contributed by atoms with van der Waals surface area (Å²) < 4.78 is 1.80. The predicted octanol–water partition coefficient (Wildman–Crippen LogP) is 4.31. The average Bonchev–Trinajstić information content (AvgIpc) is 2.99. The Bertz CT molecular complexity index is 792. The lowest BCUT2D eigenvalue weighted by atomic mass is 10.0. The molecule has 0 aliphatic heterocycles. The van der Waals surface area contributed by atoms with Crippen molar-refractivity contribution < 1.29 is 4.79 Å². The lowest BCUT2D eigenvalue weighted by Gasteiger charge is -2.07. The van der Waals surface area contributed by atoms with E-state index in [0.717, 1.165) is 16.9 Å². The van der Waals surface area contributed by atoms with Crippen LogP contribution in [-0.2, 0) is 5.33 Å². The average molecular weight is 355 g/mol. The molecule has 0 atom stereocenters. The second-order valence-electron chi connectivity index (χ2n) is 5.08. The number of rotatable bonds is 4. The first-order valence-corrected chi connectivity index (χ1v) is 8.12. The van der Waals surface area contributed by atoms with Gasteiger partial charge in [-0.1, -0.05) is 64.0 Å². The van der Waals surface area contributed by atoms with E-state index >= 15 is 0 Å². The van der Waals surface area contributed by atoms with Gasteiger partial charge in [-0.25, -0.2) is 4.68 Å². The molecule has 0 fully saturated rings. The summed E-state index contributed by atoms with van der Waals surface area (Å²) in [5, 5.41) is 4.95. The third-order valence-electron chi connectivity index (χ3n) is 3.55. The molecule has 3 nitrogen and oxygen atoms in total. The summed E-state index contributed by atoms with van der Waals surface area (Å²) in [4.78, 5) is 12.7. The van der Waals surface area contributed by atoms with E-state index in [9.17, 15) is 4.79 Å². The third-order valence-corrected chi connectivity index (χ3v) is 4.09. The number of alkyl halides is 1. The Labute approximate surface area is 137 Å². The van der Waals surface area contributed by atoms with E-state index in [1.807, 2.05) is 61.5 Å². The van der Waals surface area contributed by atoms with Gasteiger partial charge in [0.15, 0.2) is 5.78 Å². The molecule has 0 radical (unpaired) electrons. The highest BCUT2D eigenvalue weighted by Crippen LogP contribution is 2.20. The highest BCUT2D eigenvalue weighted by Gasteiger charge is 2.18. The molecule has 0 saturated heterocycles. The lowest BCUT2D eigenvalue weighted by molar-refractivity contribution is 0.103. The van der Waals surface area contributed by atoms with E-state index < -0.39 is 0 Å². The first-order chi connectivity index (χ1) is 10.7. The van der Waals surface area contributed by atoms with Gasteiger partial charge in [0.05, 0.1) is 23.1 Å². The van der Waals surface area contributed by atoms with Crippen LogP contribution in [0, 0.1) is 6.92 Å². The minimum atomic E-state index is -0.00312. The van der Waals surface area contributed by atoms with Crippen molar-refractivity contribution in [1.82, 2.24) is 9.78 Å². The van der Waals surface area contributed by atoms with Gasteiger partial charge in [-0.05, 0) is 19.1 Å². The SMILES string of the molecule is Cc1ccc(C(=O)c2cnn(-c3ccccc3)c2CBr)cc1. The molecule has 22 heavy (non-hydrogen) atoms. The van der Waals surface area contributed by atoms with E-state index in [0.29, 0.717) is 16.5 Å². The summed E-state index contributed by atoms with van der Waals surface area (Å²) in [5.74, 6) is -0.00312.